The van der Waals surface area contributed by atoms with Crippen LogP contribution >= 0.6 is 0 Å². The number of likely N-dealkylation sites (N-methyl/N-ethyl adjacent to an activating group) is 2. The summed E-state index contributed by atoms with van der Waals surface area (Å²) in [7, 11) is 6.71. The number of aliphatic hydroxyl groups excluding tert-OH is 3. The van der Waals surface area contributed by atoms with Gasteiger partial charge in [0.1, 0.15) is 48.8 Å². The van der Waals surface area contributed by atoms with Crippen LogP contribution in [0.1, 0.15) is 139 Å². The normalized spacial score (nSPS) is 38.1. The molecule has 20 atom stereocenters. The zero-order chi connectivity index (χ0) is 60.3. The second-order valence-corrected chi connectivity index (χ2v) is 24.6. The molecular formula is C60H93FN6O15. The van der Waals surface area contributed by atoms with Crippen molar-refractivity contribution in [2.45, 2.75) is 210 Å². The maximum absolute atomic E-state index is 15.1. The van der Waals surface area contributed by atoms with Gasteiger partial charge < -0.3 is 73.9 Å². The van der Waals surface area contributed by atoms with E-state index in [1.54, 1.807) is 108 Å². The highest BCUT2D eigenvalue weighted by molar-refractivity contribution is 6.21. The lowest BCUT2D eigenvalue weighted by atomic mass is 9.77. The maximum atomic E-state index is 15.1. The summed E-state index contributed by atoms with van der Waals surface area (Å²) in [5, 5.41) is 61.7. The van der Waals surface area contributed by atoms with Gasteiger partial charge in [-0.05, 0) is 111 Å². The van der Waals surface area contributed by atoms with Gasteiger partial charge in [0, 0.05) is 70.0 Å². The minimum absolute atomic E-state index is 0.0731. The zero-order valence-electron chi connectivity index (χ0n) is 50.4. The molecule has 7 rings (SSSR count). The monoisotopic (exact) mass is 1160 g/mol. The number of methoxy groups -OCH3 is 2. The number of carbonyl (C=O) groups excluding carboxylic acids is 3. The second-order valence-electron chi connectivity index (χ2n) is 24.6. The van der Waals surface area contributed by atoms with E-state index in [9.17, 15) is 39.9 Å². The summed E-state index contributed by atoms with van der Waals surface area (Å²) in [4.78, 5) is 45.7. The predicted molar refractivity (Wildman–Crippen MR) is 301 cm³/mol. The topological polar surface area (TPSA) is 254 Å². The van der Waals surface area contributed by atoms with E-state index in [4.69, 9.17) is 33.2 Å². The van der Waals surface area contributed by atoms with Gasteiger partial charge >= 0.3 is 5.97 Å². The van der Waals surface area contributed by atoms with Crippen molar-refractivity contribution >= 4 is 17.8 Å². The van der Waals surface area contributed by atoms with Crippen molar-refractivity contribution in [2.24, 2.45) is 17.8 Å². The molecule has 5 aliphatic heterocycles. The first kappa shape index (κ1) is 65.3. The highest BCUT2D eigenvalue weighted by atomic mass is 19.1. The largest absolute Gasteiger partial charge is 0.459 e. The number of hydrazine groups is 2. The summed E-state index contributed by atoms with van der Waals surface area (Å²) in [6.45, 7) is 17.5. The highest BCUT2D eigenvalue weighted by Crippen LogP contribution is 2.41. The lowest BCUT2D eigenvalue weighted by Gasteiger charge is -2.49. The molecule has 82 heavy (non-hydrogen) atoms. The van der Waals surface area contributed by atoms with Crippen LogP contribution in [0.2, 0.25) is 0 Å². The summed E-state index contributed by atoms with van der Waals surface area (Å²) < 4.78 is 59.4. The average molecular weight is 1160 g/mol. The number of nitrogens with zero attached hydrogens (tertiary/aromatic N) is 4. The third kappa shape index (κ3) is 14.0. The number of alkyl halides is 1. The lowest BCUT2D eigenvalue weighted by Crippen LogP contribution is -2.61. The lowest BCUT2D eigenvalue weighted by molar-refractivity contribution is -0.318. The van der Waals surface area contributed by atoms with E-state index in [1.165, 1.54) is 26.0 Å². The van der Waals surface area contributed by atoms with Gasteiger partial charge in [-0.2, -0.15) is 0 Å². The first-order valence-electron chi connectivity index (χ1n) is 29.0. The van der Waals surface area contributed by atoms with Gasteiger partial charge in [0.2, 0.25) is 0 Å². The Morgan fingerprint density at radius 2 is 1.54 bits per heavy atom. The Morgan fingerprint density at radius 3 is 2.13 bits per heavy atom. The number of esters is 1. The van der Waals surface area contributed by atoms with Crippen LogP contribution in [0.4, 0.5) is 4.39 Å². The summed E-state index contributed by atoms with van der Waals surface area (Å²) >= 11 is 0. The van der Waals surface area contributed by atoms with E-state index in [2.05, 4.69) is 11.0 Å². The number of imide groups is 1. The SMILES string of the molecule is CC[C@H]1OC(=O)[C@H](C)[C@@H](O[C@H]2C[C@@](C)(OC)[C@@H](O)[C@H](C)O2)[C@H](C)[C@@H](O[C@@H]2O[C@H](C)C[C@H](N(C)CCC3=CN([C@H](CF)[C@H](OC)c4ccc(CN5C(=O)c6ccccc6C5=O)cc4)NN3)[C@H]2O)[C@](C)(O)C[C@@H](C)CN(C)[C@H](C)[C@@H](O)[C@]1(C)O. The quantitative estimate of drug-likeness (QED) is 0.0859. The predicted octanol–water partition coefficient (Wildman–Crippen LogP) is 4.35. The van der Waals surface area contributed by atoms with Gasteiger partial charge in [-0.25, -0.2) is 4.39 Å². The van der Waals surface area contributed by atoms with Gasteiger partial charge in [0.25, 0.3) is 11.8 Å². The molecule has 0 spiro atoms. The Hall–Kier alpha value is -4.24. The van der Waals surface area contributed by atoms with Gasteiger partial charge in [-0.15, -0.1) is 5.53 Å². The highest BCUT2D eigenvalue weighted by Gasteiger charge is 2.53. The number of benzene rings is 2. The Morgan fingerprint density at radius 1 is 0.890 bits per heavy atom. The molecule has 2 amide bonds. The maximum Gasteiger partial charge on any atom is 0.311 e. The summed E-state index contributed by atoms with van der Waals surface area (Å²) in [5.74, 6) is -3.63. The van der Waals surface area contributed by atoms with E-state index in [0.717, 1.165) is 11.3 Å². The van der Waals surface area contributed by atoms with Crippen LogP contribution in [0.3, 0.4) is 0 Å². The number of hydrogen-bond acceptors (Lipinski definition) is 20. The molecule has 3 fully saturated rings. The van der Waals surface area contributed by atoms with Gasteiger partial charge in [0.15, 0.2) is 12.6 Å². The molecule has 2 aromatic carbocycles. The number of nitrogens with one attached hydrogen (secondary N) is 2. The molecule has 0 radical (unpaired) electrons. The number of halogens is 1. The number of fused-ring (bicyclic) bond motifs is 1. The van der Waals surface area contributed by atoms with Crippen molar-refractivity contribution < 1.29 is 77.5 Å². The van der Waals surface area contributed by atoms with Crippen LogP contribution in [0, 0.1) is 17.8 Å². The van der Waals surface area contributed by atoms with Crippen LogP contribution in [0.15, 0.2) is 60.4 Å². The molecule has 2 aromatic rings. The fourth-order valence-corrected chi connectivity index (χ4v) is 13.0. The Balaban J connectivity index is 1.08. The van der Waals surface area contributed by atoms with Crippen LogP contribution in [0.25, 0.3) is 0 Å². The molecule has 3 saturated heterocycles. The molecular weight excluding hydrogens is 1060 g/mol. The second kappa shape index (κ2) is 27.0. The minimum atomic E-state index is -1.86. The van der Waals surface area contributed by atoms with Crippen molar-refractivity contribution in [2.75, 3.05) is 48.1 Å². The van der Waals surface area contributed by atoms with Crippen LogP contribution in [0.5, 0.6) is 0 Å². The molecule has 0 saturated carbocycles. The van der Waals surface area contributed by atoms with E-state index in [-0.39, 0.29) is 43.5 Å². The molecule has 0 aliphatic carbocycles. The molecule has 0 bridgehead atoms. The number of rotatable bonds is 17. The molecule has 7 N–H and O–H groups in total. The smallest absolute Gasteiger partial charge is 0.311 e. The fourth-order valence-electron chi connectivity index (χ4n) is 13.0. The first-order chi connectivity index (χ1) is 38.6. The number of ether oxygens (including phenoxy) is 7. The van der Waals surface area contributed by atoms with Crippen molar-refractivity contribution in [3.8, 4) is 0 Å². The minimum Gasteiger partial charge on any atom is -0.459 e. The standard InChI is InChI=1S/C60H93FN6O15/c1-15-46-60(10,75)51(69)37(6)65(12)30-33(2)27-58(8,74)53(35(4)49(36(5)56(73)80-46)81-47-28-59(9,77-14)52(70)38(7)79-47)82-57-48(68)44(26-34(3)78-57)64(11)25-24-41-32-67(63-62-41)45(29-61)50(76-13)40-22-20-39(21-23-40)31-66-54(71)42-18-16-17-19-43(42)55(66)72/h16-23,32-38,44-53,57,62-63,68-70,74-75H,15,24-31H2,1-14H3/t33-,34-,35+,36-,37-,38+,44+,45-,46-,47+,48-,49+,50-,51-,52+,53-,57+,58-,59-,60-/m1/s1. The number of hydrogen-bond donors (Lipinski definition) is 7. The van der Waals surface area contributed by atoms with E-state index >= 15 is 4.39 Å². The Kier molecular flexibility index (Phi) is 21.5. The number of carbonyl (C=O) groups is 3. The number of aliphatic hydroxyl groups is 5. The van der Waals surface area contributed by atoms with Crippen LogP contribution in [-0.2, 0) is 44.5 Å². The summed E-state index contributed by atoms with van der Waals surface area (Å²) in [6, 6.07) is 12.0. The molecule has 5 aliphatic rings. The summed E-state index contributed by atoms with van der Waals surface area (Å²) in [6.07, 6.45) is -8.13. The van der Waals surface area contributed by atoms with Crippen LogP contribution < -0.4 is 11.0 Å². The third-order valence-electron chi connectivity index (χ3n) is 18.1. The molecule has 0 aromatic heterocycles. The summed E-state index contributed by atoms with van der Waals surface area (Å²) in [5.41, 5.74) is 4.50. The van der Waals surface area contributed by atoms with Gasteiger partial charge in [0.05, 0.1) is 59.2 Å². The van der Waals surface area contributed by atoms with Crippen molar-refractivity contribution in [3.05, 3.63) is 82.7 Å². The number of amides is 2. The van der Waals surface area contributed by atoms with Gasteiger partial charge in [-0.1, -0.05) is 57.2 Å². The Labute approximate surface area is 483 Å². The molecule has 460 valence electrons. The average Bonchev–Trinajstić information content (AvgIpc) is 4.11. The van der Waals surface area contributed by atoms with Crippen molar-refractivity contribution in [1.29, 1.82) is 0 Å². The van der Waals surface area contributed by atoms with Crippen molar-refractivity contribution in [3.63, 3.8) is 0 Å². The third-order valence-corrected chi connectivity index (χ3v) is 18.1. The van der Waals surface area contributed by atoms with Crippen molar-refractivity contribution in [1.82, 2.24) is 30.7 Å². The van der Waals surface area contributed by atoms with E-state index in [1.807, 2.05) is 37.7 Å². The first-order valence-corrected chi connectivity index (χ1v) is 29.0. The van der Waals surface area contributed by atoms with Crippen LogP contribution in [-0.4, -0.2) is 207 Å². The Bertz CT molecular complexity index is 2470. The van der Waals surface area contributed by atoms with Gasteiger partial charge in [-0.3, -0.25) is 24.3 Å². The molecule has 21 nitrogen and oxygen atoms in total. The molecule has 5 heterocycles. The fraction of sp³-hybridized carbons (Fsp3) is 0.717. The number of cyclic esters (lactones) is 1. The van der Waals surface area contributed by atoms with E-state index in [0.29, 0.717) is 42.6 Å². The molecule has 0 unspecified atom stereocenters. The molecule has 22 heteroatoms. The van der Waals surface area contributed by atoms with E-state index < -0.39 is 127 Å². The zero-order valence-corrected chi connectivity index (χ0v) is 50.4.